The molecule has 0 unspecified atom stereocenters. The Morgan fingerprint density at radius 3 is 2.60 bits per heavy atom. The van der Waals surface area contributed by atoms with Crippen LogP contribution >= 0.6 is 11.6 Å². The van der Waals surface area contributed by atoms with Gasteiger partial charge in [-0.15, -0.1) is 0 Å². The quantitative estimate of drug-likeness (QED) is 0.582. The van der Waals surface area contributed by atoms with E-state index in [0.29, 0.717) is 16.4 Å². The average molecular weight is 421 g/mol. The topological polar surface area (TPSA) is 66.5 Å². The summed E-state index contributed by atoms with van der Waals surface area (Å²) in [4.78, 5) is 40.9. The third-order valence-corrected chi connectivity index (χ3v) is 6.95. The molecule has 4 atom stereocenters. The summed E-state index contributed by atoms with van der Waals surface area (Å²) >= 11 is 6.07. The number of rotatable bonds is 3. The van der Waals surface area contributed by atoms with Gasteiger partial charge in [0.05, 0.1) is 23.1 Å². The number of amides is 3. The lowest BCUT2D eigenvalue weighted by Gasteiger charge is -2.21. The highest BCUT2D eigenvalue weighted by molar-refractivity contribution is 6.31. The molecule has 0 aromatic heterocycles. The van der Waals surface area contributed by atoms with Gasteiger partial charge in [-0.3, -0.25) is 14.4 Å². The molecule has 1 saturated carbocycles. The molecule has 2 aromatic carbocycles. The number of aryl methyl sites for hydroxylation is 1. The number of halogens is 1. The van der Waals surface area contributed by atoms with E-state index in [1.54, 1.807) is 36.4 Å². The first-order valence-electron chi connectivity index (χ1n) is 10.1. The van der Waals surface area contributed by atoms with E-state index >= 15 is 0 Å². The Bertz CT molecular complexity index is 1140. The van der Waals surface area contributed by atoms with E-state index in [-0.39, 0.29) is 47.0 Å². The van der Waals surface area contributed by atoms with Gasteiger partial charge in [0.25, 0.3) is 5.91 Å². The van der Waals surface area contributed by atoms with E-state index in [9.17, 15) is 14.4 Å². The first-order chi connectivity index (χ1) is 14.4. The van der Waals surface area contributed by atoms with E-state index in [2.05, 4.69) is 11.4 Å². The summed E-state index contributed by atoms with van der Waals surface area (Å²) < 4.78 is 0. The van der Waals surface area contributed by atoms with Crippen LogP contribution < -0.4 is 10.2 Å². The maximum Gasteiger partial charge on any atom is 0.257 e. The molecule has 5 nitrogen and oxygen atoms in total. The molecule has 3 amide bonds. The standard InChI is InChI=1S/C24H21ClN2O3/c1-12-7-8-15(25)11-18(12)26-22(28)16-5-3-4-6-19(16)27-23(29)20-14-9-13(2)17(10-14)21(20)24(27)30/h3-9,11,14,17,20-21H,10H2,1-2H3,(H,26,28)/t14-,17+,20+,21+/m1/s1. The predicted molar refractivity (Wildman–Crippen MR) is 115 cm³/mol. The number of fused-ring (bicyclic) bond motifs is 5. The summed E-state index contributed by atoms with van der Waals surface area (Å²) in [5.74, 6) is -1.13. The molecule has 5 rings (SSSR count). The van der Waals surface area contributed by atoms with E-state index in [1.165, 1.54) is 10.5 Å². The van der Waals surface area contributed by atoms with Gasteiger partial charge in [-0.2, -0.15) is 0 Å². The van der Waals surface area contributed by atoms with Crippen LogP contribution in [0.15, 0.2) is 54.1 Å². The number of anilines is 2. The molecule has 1 N–H and O–H groups in total. The number of carbonyl (C=O) groups excluding carboxylic acids is 3. The number of benzene rings is 2. The van der Waals surface area contributed by atoms with Crippen molar-refractivity contribution in [2.75, 3.05) is 10.2 Å². The van der Waals surface area contributed by atoms with Gasteiger partial charge < -0.3 is 5.32 Å². The minimum Gasteiger partial charge on any atom is -0.322 e. The lowest BCUT2D eigenvalue weighted by Crippen LogP contribution is -2.34. The maximum absolute atomic E-state index is 13.3. The van der Waals surface area contributed by atoms with Crippen molar-refractivity contribution in [1.82, 2.24) is 0 Å². The zero-order chi connectivity index (χ0) is 21.2. The van der Waals surface area contributed by atoms with Crippen LogP contribution in [0, 0.1) is 30.6 Å². The first-order valence-corrected chi connectivity index (χ1v) is 10.5. The van der Waals surface area contributed by atoms with Crippen LogP contribution in [0.1, 0.15) is 29.3 Å². The van der Waals surface area contributed by atoms with Crippen LogP contribution in [0.5, 0.6) is 0 Å². The van der Waals surface area contributed by atoms with Gasteiger partial charge in [-0.25, -0.2) is 4.90 Å². The van der Waals surface area contributed by atoms with Crippen LogP contribution in [0.25, 0.3) is 0 Å². The Balaban J connectivity index is 1.49. The van der Waals surface area contributed by atoms with Crippen LogP contribution in [-0.4, -0.2) is 17.7 Å². The smallest absolute Gasteiger partial charge is 0.257 e. The summed E-state index contributed by atoms with van der Waals surface area (Å²) in [6.45, 7) is 3.91. The zero-order valence-corrected chi connectivity index (χ0v) is 17.4. The van der Waals surface area contributed by atoms with Gasteiger partial charge in [0.2, 0.25) is 11.8 Å². The van der Waals surface area contributed by atoms with Crippen molar-refractivity contribution in [1.29, 1.82) is 0 Å². The highest BCUT2D eigenvalue weighted by atomic mass is 35.5. The fourth-order valence-electron chi connectivity index (χ4n) is 5.29. The summed E-state index contributed by atoms with van der Waals surface area (Å²) in [6, 6.07) is 12.0. The Labute approximate surface area is 179 Å². The van der Waals surface area contributed by atoms with Crippen molar-refractivity contribution in [2.45, 2.75) is 20.3 Å². The molecule has 0 spiro atoms. The Hall–Kier alpha value is -2.92. The SMILES string of the molecule is CC1=C[C@@H]2C[C@@H]1[C@@H]1C(=O)N(c3ccccc3C(=O)Nc3cc(Cl)ccc3C)C(=O)[C@H]12. The van der Waals surface area contributed by atoms with Crippen molar-refractivity contribution in [2.24, 2.45) is 23.7 Å². The maximum atomic E-state index is 13.3. The second-order valence-corrected chi connectivity index (χ2v) is 8.85. The second-order valence-electron chi connectivity index (χ2n) is 8.41. The number of carbonyl (C=O) groups is 3. The number of hydrogen-bond donors (Lipinski definition) is 1. The highest BCUT2D eigenvalue weighted by Gasteiger charge is 2.61. The van der Waals surface area contributed by atoms with Crippen LogP contribution in [-0.2, 0) is 9.59 Å². The number of imide groups is 1. The zero-order valence-electron chi connectivity index (χ0n) is 16.7. The van der Waals surface area contributed by atoms with Crippen molar-refractivity contribution in [3.05, 3.63) is 70.3 Å². The summed E-state index contributed by atoms with van der Waals surface area (Å²) in [6.07, 6.45) is 3.02. The van der Waals surface area contributed by atoms with Gasteiger partial charge in [0.1, 0.15) is 0 Å². The number of para-hydroxylation sites is 1. The molecule has 2 bridgehead atoms. The summed E-state index contributed by atoms with van der Waals surface area (Å²) in [5, 5.41) is 3.38. The van der Waals surface area contributed by atoms with E-state index in [0.717, 1.165) is 12.0 Å². The molecule has 3 aliphatic rings. The molecule has 2 aromatic rings. The largest absolute Gasteiger partial charge is 0.322 e. The molecule has 2 fully saturated rings. The summed E-state index contributed by atoms with van der Waals surface area (Å²) in [5.41, 5.74) is 3.29. The molecular weight excluding hydrogens is 400 g/mol. The minimum absolute atomic E-state index is 0.122. The number of hydrogen-bond acceptors (Lipinski definition) is 3. The second kappa shape index (κ2) is 6.81. The van der Waals surface area contributed by atoms with Gasteiger partial charge in [-0.1, -0.05) is 41.4 Å². The van der Waals surface area contributed by atoms with Gasteiger partial charge in [-0.05, 0) is 61.9 Å². The molecule has 30 heavy (non-hydrogen) atoms. The third-order valence-electron chi connectivity index (χ3n) is 6.72. The minimum atomic E-state index is -0.383. The molecule has 2 aliphatic carbocycles. The van der Waals surface area contributed by atoms with Gasteiger partial charge in [0.15, 0.2) is 0 Å². The Kier molecular flexibility index (Phi) is 4.33. The molecule has 6 heteroatoms. The third kappa shape index (κ3) is 2.72. The molecule has 1 aliphatic heterocycles. The van der Waals surface area contributed by atoms with Crippen LogP contribution in [0.4, 0.5) is 11.4 Å². The molecule has 1 heterocycles. The molecular formula is C24H21ClN2O3. The van der Waals surface area contributed by atoms with Crippen molar-refractivity contribution in [3.63, 3.8) is 0 Å². The average Bonchev–Trinajstić information content (AvgIpc) is 3.35. The normalized spacial score (nSPS) is 26.8. The van der Waals surface area contributed by atoms with Crippen LogP contribution in [0.2, 0.25) is 5.02 Å². The molecule has 0 radical (unpaired) electrons. The van der Waals surface area contributed by atoms with Crippen molar-refractivity contribution < 1.29 is 14.4 Å². The lowest BCUT2D eigenvalue weighted by atomic mass is 9.82. The fraction of sp³-hybridized carbons (Fsp3) is 0.292. The van der Waals surface area contributed by atoms with E-state index in [1.807, 2.05) is 19.9 Å². The van der Waals surface area contributed by atoms with E-state index in [4.69, 9.17) is 11.6 Å². The highest BCUT2D eigenvalue weighted by Crippen LogP contribution is 2.56. The Morgan fingerprint density at radius 2 is 1.80 bits per heavy atom. The van der Waals surface area contributed by atoms with Crippen molar-refractivity contribution >= 4 is 40.7 Å². The van der Waals surface area contributed by atoms with Crippen LogP contribution in [0.3, 0.4) is 0 Å². The molecule has 152 valence electrons. The van der Waals surface area contributed by atoms with Crippen molar-refractivity contribution in [3.8, 4) is 0 Å². The Morgan fingerprint density at radius 1 is 1.07 bits per heavy atom. The van der Waals surface area contributed by atoms with Gasteiger partial charge in [0, 0.05) is 10.7 Å². The first kappa shape index (κ1) is 19.1. The number of nitrogens with zero attached hydrogens (tertiary/aromatic N) is 1. The van der Waals surface area contributed by atoms with Gasteiger partial charge >= 0.3 is 0 Å². The lowest BCUT2D eigenvalue weighted by molar-refractivity contribution is -0.123. The number of allylic oxidation sites excluding steroid dienone is 2. The molecule has 1 saturated heterocycles. The van der Waals surface area contributed by atoms with E-state index < -0.39 is 0 Å². The monoisotopic (exact) mass is 420 g/mol. The number of nitrogens with one attached hydrogen (secondary N) is 1. The predicted octanol–water partition coefficient (Wildman–Crippen LogP) is 4.60. The summed E-state index contributed by atoms with van der Waals surface area (Å²) in [7, 11) is 0. The fourth-order valence-corrected chi connectivity index (χ4v) is 5.46.